The fourth-order valence-electron chi connectivity index (χ4n) is 4.89. The monoisotopic (exact) mass is 587 g/mol. The van der Waals surface area contributed by atoms with Crippen LogP contribution in [0, 0.1) is 6.92 Å². The fourth-order valence-corrected chi connectivity index (χ4v) is 5.94. The predicted octanol–water partition coefficient (Wildman–Crippen LogP) is 3.88. The van der Waals surface area contributed by atoms with Crippen LogP contribution in [0.4, 0.5) is 24.7 Å². The number of hydrogen-bond acceptors (Lipinski definition) is 7. The molecule has 0 aliphatic carbocycles. The Hall–Kier alpha value is -4.17. The van der Waals surface area contributed by atoms with Crippen molar-refractivity contribution in [2.45, 2.75) is 30.5 Å². The fraction of sp³-hybridized carbons (Fsp3) is 0.296. The minimum atomic E-state index is -4.57. The molecule has 1 fully saturated rings. The summed E-state index contributed by atoms with van der Waals surface area (Å²) in [5, 5.41) is 4.31. The Labute approximate surface area is 234 Å². The summed E-state index contributed by atoms with van der Waals surface area (Å²) in [5.74, 6) is 0.0905. The molecule has 4 aromatic rings. The number of benzene rings is 2. The summed E-state index contributed by atoms with van der Waals surface area (Å²) in [7, 11) is -0.161. The molecule has 1 aliphatic heterocycles. The highest BCUT2D eigenvalue weighted by molar-refractivity contribution is 7.92. The van der Waals surface area contributed by atoms with E-state index >= 15 is 0 Å². The van der Waals surface area contributed by atoms with Gasteiger partial charge in [-0.15, -0.1) is 0 Å². The summed E-state index contributed by atoms with van der Waals surface area (Å²) in [6.07, 6.45) is -0.684. The van der Waals surface area contributed by atoms with Crippen LogP contribution < -0.4 is 10.5 Å². The Balaban J connectivity index is 1.38. The van der Waals surface area contributed by atoms with Crippen LogP contribution in [0.2, 0.25) is 0 Å². The van der Waals surface area contributed by atoms with Gasteiger partial charge in [0.25, 0.3) is 15.9 Å². The van der Waals surface area contributed by atoms with Gasteiger partial charge >= 0.3 is 6.18 Å². The Morgan fingerprint density at radius 3 is 2.41 bits per heavy atom. The summed E-state index contributed by atoms with van der Waals surface area (Å²) in [4.78, 5) is 21.2. The molecule has 0 saturated carbocycles. The van der Waals surface area contributed by atoms with E-state index in [2.05, 4.69) is 19.7 Å². The molecule has 14 heteroatoms. The average Bonchev–Trinajstić information content (AvgIpc) is 3.57. The van der Waals surface area contributed by atoms with Crippen LogP contribution in [-0.4, -0.2) is 71.9 Å². The number of nitrogen functional groups attached to an aromatic ring is 1. The zero-order chi connectivity index (χ0) is 29.7. The number of likely N-dealkylation sites (tertiary alicyclic amines) is 1. The van der Waals surface area contributed by atoms with Gasteiger partial charge in [-0.1, -0.05) is 6.07 Å². The molecule has 1 amide bonds. The predicted molar refractivity (Wildman–Crippen MR) is 148 cm³/mol. The first-order valence-corrected chi connectivity index (χ1v) is 14.1. The molecule has 1 saturated heterocycles. The number of fused-ring (bicyclic) bond motifs is 1. The van der Waals surface area contributed by atoms with Gasteiger partial charge in [0, 0.05) is 36.6 Å². The first-order valence-electron chi connectivity index (χ1n) is 12.7. The van der Waals surface area contributed by atoms with Crippen LogP contribution in [0.5, 0.6) is 0 Å². The van der Waals surface area contributed by atoms with E-state index in [-0.39, 0.29) is 28.3 Å². The van der Waals surface area contributed by atoms with Gasteiger partial charge in [0.1, 0.15) is 11.4 Å². The average molecular weight is 588 g/mol. The summed E-state index contributed by atoms with van der Waals surface area (Å²) in [5.41, 5.74) is 8.25. The van der Waals surface area contributed by atoms with E-state index in [1.807, 2.05) is 14.1 Å². The van der Waals surface area contributed by atoms with Crippen molar-refractivity contribution < 1.29 is 26.4 Å². The van der Waals surface area contributed by atoms with Crippen molar-refractivity contribution in [1.82, 2.24) is 24.4 Å². The Morgan fingerprint density at radius 1 is 1.10 bits per heavy atom. The van der Waals surface area contributed by atoms with E-state index in [1.165, 1.54) is 16.8 Å². The lowest BCUT2D eigenvalue weighted by Gasteiger charge is -2.20. The van der Waals surface area contributed by atoms with Gasteiger partial charge in [0.15, 0.2) is 5.65 Å². The number of anilines is 2. The number of alkyl halides is 3. The first-order chi connectivity index (χ1) is 19.3. The van der Waals surface area contributed by atoms with Crippen LogP contribution in [-0.2, 0) is 16.2 Å². The van der Waals surface area contributed by atoms with Crippen molar-refractivity contribution in [2.24, 2.45) is 0 Å². The molecule has 10 nitrogen and oxygen atoms in total. The highest BCUT2D eigenvalue weighted by atomic mass is 32.2. The van der Waals surface area contributed by atoms with Gasteiger partial charge in [-0.05, 0) is 75.0 Å². The maximum absolute atomic E-state index is 13.2. The third-order valence-electron chi connectivity index (χ3n) is 7.24. The lowest BCUT2D eigenvalue weighted by atomic mass is 10.0. The molecule has 0 radical (unpaired) electrons. The summed E-state index contributed by atoms with van der Waals surface area (Å²) in [6.45, 7) is 3.01. The van der Waals surface area contributed by atoms with Crippen molar-refractivity contribution >= 4 is 33.1 Å². The number of hydrogen-bond donors (Lipinski definition) is 2. The highest BCUT2D eigenvalue weighted by Crippen LogP contribution is 2.33. The Morgan fingerprint density at radius 2 is 1.80 bits per heavy atom. The standard InChI is InChI=1S/C27H28F3N7O3S/c1-16-12-18(34-41(39,40)20-7-4-17(5-8-20)27(28,29)30)6-9-21(16)22-13-32-25-23(14-33-37(25)24(22)31)26(38)36-11-10-19(15-36)35(2)3/h4-9,12-14,19,34H,10-11,15,31H2,1-3H3. The number of carbonyl (C=O) groups is 1. The van der Waals surface area contributed by atoms with Gasteiger partial charge in [-0.3, -0.25) is 9.52 Å². The van der Waals surface area contributed by atoms with E-state index < -0.39 is 21.8 Å². The molecule has 0 spiro atoms. The van der Waals surface area contributed by atoms with Crippen LogP contribution in [0.1, 0.15) is 27.9 Å². The number of aryl methyl sites for hydroxylation is 1. The number of nitrogens with zero attached hydrogens (tertiary/aromatic N) is 5. The topological polar surface area (TPSA) is 126 Å². The number of aromatic nitrogens is 3. The smallest absolute Gasteiger partial charge is 0.383 e. The number of halogens is 3. The summed E-state index contributed by atoms with van der Waals surface area (Å²) < 4.78 is 67.8. The molecular weight excluding hydrogens is 559 g/mol. The van der Waals surface area contributed by atoms with Gasteiger partial charge in [0.05, 0.1) is 16.7 Å². The molecule has 1 atom stereocenters. The molecule has 3 heterocycles. The molecule has 216 valence electrons. The molecular formula is C27H28F3N7O3S. The molecule has 0 bridgehead atoms. The third-order valence-corrected chi connectivity index (χ3v) is 8.63. The number of nitrogens with two attached hydrogens (primary N) is 1. The molecule has 2 aromatic heterocycles. The lowest BCUT2D eigenvalue weighted by Crippen LogP contribution is -2.34. The lowest BCUT2D eigenvalue weighted by molar-refractivity contribution is -0.137. The second-order valence-corrected chi connectivity index (χ2v) is 11.8. The first kappa shape index (κ1) is 28.4. The van der Waals surface area contributed by atoms with Crippen molar-refractivity contribution in [2.75, 3.05) is 37.6 Å². The number of rotatable bonds is 6. The maximum atomic E-state index is 13.2. The quantitative estimate of drug-likeness (QED) is 0.351. The molecule has 5 rings (SSSR count). The number of sulfonamides is 1. The number of likely N-dealkylation sites (N-methyl/N-ethyl adjacent to an activating group) is 1. The van der Waals surface area contributed by atoms with E-state index in [4.69, 9.17) is 5.73 Å². The van der Waals surface area contributed by atoms with Gasteiger partial charge in [-0.2, -0.15) is 22.8 Å². The molecule has 41 heavy (non-hydrogen) atoms. The van der Waals surface area contributed by atoms with E-state index in [1.54, 1.807) is 30.2 Å². The summed E-state index contributed by atoms with van der Waals surface area (Å²) in [6, 6.07) is 8.27. The van der Waals surface area contributed by atoms with Crippen LogP contribution in [0.25, 0.3) is 16.8 Å². The van der Waals surface area contributed by atoms with Crippen molar-refractivity contribution in [1.29, 1.82) is 0 Å². The SMILES string of the molecule is Cc1cc(NS(=O)(=O)c2ccc(C(F)(F)F)cc2)ccc1-c1cnc2c(C(=O)N3CCC(N(C)C)C3)cnn2c1N. The minimum Gasteiger partial charge on any atom is -0.383 e. The minimum absolute atomic E-state index is 0.162. The second-order valence-electron chi connectivity index (χ2n) is 10.2. The number of carbonyl (C=O) groups excluding carboxylic acids is 1. The van der Waals surface area contributed by atoms with Crippen molar-refractivity contribution in [3.05, 3.63) is 71.5 Å². The molecule has 3 N–H and O–H groups in total. The zero-order valence-electron chi connectivity index (χ0n) is 22.5. The number of nitrogens with one attached hydrogen (secondary N) is 1. The third kappa shape index (κ3) is 5.44. The van der Waals surface area contributed by atoms with E-state index in [9.17, 15) is 26.4 Å². The van der Waals surface area contributed by atoms with E-state index in [0.29, 0.717) is 41.0 Å². The van der Waals surface area contributed by atoms with Crippen LogP contribution in [0.15, 0.2) is 59.8 Å². The van der Waals surface area contributed by atoms with Gasteiger partial charge in [-0.25, -0.2) is 13.4 Å². The zero-order valence-corrected chi connectivity index (χ0v) is 23.3. The Bertz CT molecular complexity index is 1740. The highest BCUT2D eigenvalue weighted by Gasteiger charge is 2.31. The largest absolute Gasteiger partial charge is 0.416 e. The normalized spacial score (nSPS) is 16.1. The van der Waals surface area contributed by atoms with Crippen molar-refractivity contribution in [3.8, 4) is 11.1 Å². The maximum Gasteiger partial charge on any atom is 0.416 e. The Kier molecular flexibility index (Phi) is 7.15. The van der Waals surface area contributed by atoms with Crippen LogP contribution in [0.3, 0.4) is 0 Å². The molecule has 1 unspecified atom stereocenters. The number of amides is 1. The summed E-state index contributed by atoms with van der Waals surface area (Å²) >= 11 is 0. The van der Waals surface area contributed by atoms with Gasteiger partial charge < -0.3 is 15.5 Å². The molecule has 1 aliphatic rings. The van der Waals surface area contributed by atoms with Gasteiger partial charge in [0.2, 0.25) is 0 Å². The second kappa shape index (κ2) is 10.3. The molecule has 2 aromatic carbocycles. The van der Waals surface area contributed by atoms with Crippen LogP contribution >= 0.6 is 0 Å². The van der Waals surface area contributed by atoms with Crippen molar-refractivity contribution in [3.63, 3.8) is 0 Å². The van der Waals surface area contributed by atoms with E-state index in [0.717, 1.165) is 30.7 Å².